The van der Waals surface area contributed by atoms with Gasteiger partial charge in [0.05, 0.1) is 0 Å². The zero-order valence-electron chi connectivity index (χ0n) is 8.59. The molecule has 2 rings (SSSR count). The van der Waals surface area contributed by atoms with Crippen LogP contribution < -0.4 is 0 Å². The van der Waals surface area contributed by atoms with Gasteiger partial charge in [-0.1, -0.05) is 38.2 Å². The van der Waals surface area contributed by atoms with Crippen molar-refractivity contribution in [1.29, 1.82) is 0 Å². The molecule has 0 radical (unpaired) electrons. The van der Waals surface area contributed by atoms with Gasteiger partial charge in [-0.3, -0.25) is 0 Å². The van der Waals surface area contributed by atoms with Crippen molar-refractivity contribution in [2.75, 3.05) is 0 Å². The molecular weight excluding hydrogens is 156 g/mol. The van der Waals surface area contributed by atoms with E-state index in [1.807, 2.05) is 0 Å². The van der Waals surface area contributed by atoms with E-state index in [1.165, 1.54) is 19.3 Å². The summed E-state index contributed by atoms with van der Waals surface area (Å²) in [7, 11) is 0. The van der Waals surface area contributed by atoms with Crippen LogP contribution in [0.4, 0.5) is 0 Å². The number of rotatable bonds is 0. The molecule has 0 aliphatic heterocycles. The second-order valence-corrected chi connectivity index (χ2v) is 4.48. The second kappa shape index (κ2) is 3.53. The van der Waals surface area contributed by atoms with Gasteiger partial charge >= 0.3 is 0 Å². The van der Waals surface area contributed by atoms with Crippen LogP contribution in [0, 0.1) is 11.8 Å². The molecule has 70 valence electrons. The van der Waals surface area contributed by atoms with Gasteiger partial charge in [0.1, 0.15) is 0 Å². The molecule has 0 bridgehead atoms. The molecule has 0 saturated carbocycles. The average Bonchev–Trinajstić information content (AvgIpc) is 2.29. The maximum absolute atomic E-state index is 2.36. The lowest BCUT2D eigenvalue weighted by atomic mass is 9.85. The minimum Gasteiger partial charge on any atom is -0.0776 e. The molecule has 13 heavy (non-hydrogen) atoms. The fourth-order valence-corrected chi connectivity index (χ4v) is 2.14. The maximum Gasteiger partial charge on any atom is -0.00754 e. The van der Waals surface area contributed by atoms with E-state index in [9.17, 15) is 0 Å². The van der Waals surface area contributed by atoms with Crippen LogP contribution in [0.15, 0.2) is 35.5 Å². The van der Waals surface area contributed by atoms with Gasteiger partial charge in [0.15, 0.2) is 0 Å². The molecule has 0 aromatic carbocycles. The van der Waals surface area contributed by atoms with Crippen molar-refractivity contribution < 1.29 is 0 Å². The Labute approximate surface area is 81.0 Å². The molecule has 2 aliphatic carbocycles. The van der Waals surface area contributed by atoms with Gasteiger partial charge in [-0.2, -0.15) is 0 Å². The quantitative estimate of drug-likeness (QED) is 0.523. The molecule has 0 saturated heterocycles. The van der Waals surface area contributed by atoms with Crippen LogP contribution in [-0.4, -0.2) is 0 Å². The van der Waals surface area contributed by atoms with Crippen LogP contribution >= 0.6 is 0 Å². The van der Waals surface area contributed by atoms with Crippen LogP contribution in [-0.2, 0) is 0 Å². The lowest BCUT2D eigenvalue weighted by Gasteiger charge is -2.20. The van der Waals surface area contributed by atoms with Crippen molar-refractivity contribution >= 4 is 0 Å². The fraction of sp³-hybridized carbons (Fsp3) is 0.538. The van der Waals surface area contributed by atoms with Gasteiger partial charge in [0, 0.05) is 0 Å². The minimum absolute atomic E-state index is 0.612. The second-order valence-electron chi connectivity index (χ2n) is 4.48. The highest BCUT2D eigenvalue weighted by Gasteiger charge is 2.15. The van der Waals surface area contributed by atoms with E-state index in [0.29, 0.717) is 5.92 Å². The van der Waals surface area contributed by atoms with Gasteiger partial charge in [-0.05, 0) is 42.2 Å². The fourth-order valence-electron chi connectivity index (χ4n) is 2.14. The third-order valence-corrected chi connectivity index (χ3v) is 3.09. The summed E-state index contributed by atoms with van der Waals surface area (Å²) in [5, 5.41) is 0. The van der Waals surface area contributed by atoms with Crippen molar-refractivity contribution in [3.05, 3.63) is 35.5 Å². The third kappa shape index (κ3) is 1.93. The standard InChI is InChI=1S/C13H18/c1-10-3-6-12-7-5-11(2)9-13(12)8-4-10/h3-4,6,8,10-11H,5,7,9H2,1-2H3. The monoisotopic (exact) mass is 174 g/mol. The molecule has 0 heterocycles. The summed E-state index contributed by atoms with van der Waals surface area (Å²) in [6.07, 6.45) is 13.2. The van der Waals surface area contributed by atoms with E-state index in [4.69, 9.17) is 0 Å². The Kier molecular flexibility index (Phi) is 2.39. The summed E-state index contributed by atoms with van der Waals surface area (Å²) in [5.41, 5.74) is 3.16. The highest BCUT2D eigenvalue weighted by Crippen LogP contribution is 2.32. The molecule has 0 aromatic rings. The first-order valence-electron chi connectivity index (χ1n) is 5.34. The lowest BCUT2D eigenvalue weighted by Crippen LogP contribution is -2.04. The summed E-state index contributed by atoms with van der Waals surface area (Å²) >= 11 is 0. The molecule has 0 nitrogen and oxygen atoms in total. The molecule has 0 aromatic heterocycles. The van der Waals surface area contributed by atoms with E-state index < -0.39 is 0 Å². The topological polar surface area (TPSA) is 0 Å². The molecular formula is C13H18. The van der Waals surface area contributed by atoms with Crippen LogP contribution in [0.1, 0.15) is 33.1 Å². The van der Waals surface area contributed by atoms with Crippen molar-refractivity contribution in [2.24, 2.45) is 11.8 Å². The van der Waals surface area contributed by atoms with Crippen molar-refractivity contribution in [3.8, 4) is 0 Å². The summed E-state index contributed by atoms with van der Waals surface area (Å²) in [6.45, 7) is 4.60. The Balaban J connectivity index is 2.26. The zero-order chi connectivity index (χ0) is 9.26. The number of hydrogen-bond donors (Lipinski definition) is 0. The van der Waals surface area contributed by atoms with Crippen LogP contribution in [0.2, 0.25) is 0 Å². The van der Waals surface area contributed by atoms with Crippen molar-refractivity contribution in [2.45, 2.75) is 33.1 Å². The average molecular weight is 174 g/mol. The number of allylic oxidation sites excluding steroid dienone is 6. The molecule has 2 aliphatic rings. The number of hydrogen-bond acceptors (Lipinski definition) is 0. The Bertz CT molecular complexity index is 278. The molecule has 0 N–H and O–H groups in total. The van der Waals surface area contributed by atoms with E-state index in [2.05, 4.69) is 38.2 Å². The zero-order valence-corrected chi connectivity index (χ0v) is 8.59. The van der Waals surface area contributed by atoms with E-state index in [1.54, 1.807) is 11.1 Å². The van der Waals surface area contributed by atoms with Crippen molar-refractivity contribution in [3.63, 3.8) is 0 Å². The van der Waals surface area contributed by atoms with Gasteiger partial charge in [-0.25, -0.2) is 0 Å². The SMILES string of the molecule is CC1C=CC2=C(C=C1)CC(C)CC2. The predicted octanol–water partition coefficient (Wildman–Crippen LogP) is 3.87. The Hall–Kier alpha value is -0.780. The van der Waals surface area contributed by atoms with Gasteiger partial charge in [-0.15, -0.1) is 0 Å². The third-order valence-electron chi connectivity index (χ3n) is 3.09. The summed E-state index contributed by atoms with van der Waals surface area (Å²) in [5.74, 6) is 1.49. The lowest BCUT2D eigenvalue weighted by molar-refractivity contribution is 0.507. The highest BCUT2D eigenvalue weighted by molar-refractivity contribution is 5.38. The summed E-state index contributed by atoms with van der Waals surface area (Å²) < 4.78 is 0. The Morgan fingerprint density at radius 3 is 2.54 bits per heavy atom. The van der Waals surface area contributed by atoms with Crippen LogP contribution in [0.3, 0.4) is 0 Å². The van der Waals surface area contributed by atoms with E-state index >= 15 is 0 Å². The first kappa shape index (κ1) is 8.80. The van der Waals surface area contributed by atoms with E-state index in [0.717, 1.165) is 5.92 Å². The molecule has 2 unspecified atom stereocenters. The first-order chi connectivity index (χ1) is 6.25. The van der Waals surface area contributed by atoms with Gasteiger partial charge < -0.3 is 0 Å². The first-order valence-corrected chi connectivity index (χ1v) is 5.34. The molecule has 0 fully saturated rings. The molecule has 0 spiro atoms. The Morgan fingerprint density at radius 2 is 1.77 bits per heavy atom. The largest absolute Gasteiger partial charge is 0.0776 e. The minimum atomic E-state index is 0.612. The van der Waals surface area contributed by atoms with Gasteiger partial charge in [0.2, 0.25) is 0 Å². The molecule has 0 amide bonds. The summed E-state index contributed by atoms with van der Waals surface area (Å²) in [6, 6.07) is 0. The predicted molar refractivity (Wildman–Crippen MR) is 57.5 cm³/mol. The normalized spacial score (nSPS) is 33.1. The van der Waals surface area contributed by atoms with Crippen LogP contribution in [0.5, 0.6) is 0 Å². The smallest absolute Gasteiger partial charge is 0.00754 e. The van der Waals surface area contributed by atoms with Gasteiger partial charge in [0.25, 0.3) is 0 Å². The van der Waals surface area contributed by atoms with Crippen LogP contribution in [0.25, 0.3) is 0 Å². The molecule has 0 heteroatoms. The van der Waals surface area contributed by atoms with E-state index in [-0.39, 0.29) is 0 Å². The molecule has 2 atom stereocenters. The Morgan fingerprint density at radius 1 is 1.08 bits per heavy atom. The maximum atomic E-state index is 2.36. The van der Waals surface area contributed by atoms with Crippen molar-refractivity contribution in [1.82, 2.24) is 0 Å². The highest BCUT2D eigenvalue weighted by atomic mass is 14.2. The summed E-state index contributed by atoms with van der Waals surface area (Å²) in [4.78, 5) is 0.